The molecule has 1 fully saturated rings. The van der Waals surface area contributed by atoms with E-state index in [-0.39, 0.29) is 17.3 Å². The first-order valence-corrected chi connectivity index (χ1v) is 8.60. The number of nitrogens with one attached hydrogen (secondary N) is 1. The van der Waals surface area contributed by atoms with Gasteiger partial charge in [-0.25, -0.2) is 12.8 Å². The third-order valence-electron chi connectivity index (χ3n) is 4.32. The molecule has 22 heavy (non-hydrogen) atoms. The molecule has 0 bridgehead atoms. The van der Waals surface area contributed by atoms with Crippen LogP contribution in [0.3, 0.4) is 0 Å². The summed E-state index contributed by atoms with van der Waals surface area (Å²) in [7, 11) is -3.72. The first-order chi connectivity index (χ1) is 10.4. The maximum absolute atomic E-state index is 13.0. The summed E-state index contributed by atoms with van der Waals surface area (Å²) in [5.74, 6) is -0.611. The highest BCUT2D eigenvalue weighted by atomic mass is 32.2. The lowest BCUT2D eigenvalue weighted by molar-refractivity contribution is -0.132. The van der Waals surface area contributed by atoms with Gasteiger partial charge < -0.3 is 5.32 Å². The summed E-state index contributed by atoms with van der Waals surface area (Å²) in [5.41, 5.74) is -0.694. The molecule has 1 N–H and O–H groups in total. The fourth-order valence-corrected chi connectivity index (χ4v) is 4.63. The summed E-state index contributed by atoms with van der Waals surface area (Å²) in [6.07, 6.45) is 5.28. The van der Waals surface area contributed by atoms with Crippen LogP contribution in [0.4, 0.5) is 4.39 Å². The number of rotatable bonds is 2. The Morgan fingerprint density at radius 1 is 1.23 bits per heavy atom. The van der Waals surface area contributed by atoms with E-state index in [9.17, 15) is 17.6 Å². The smallest absolute Gasteiger partial charge is 0.243 e. The third kappa shape index (κ3) is 2.55. The average molecular weight is 324 g/mol. The number of piperidine rings is 1. The first kappa shape index (κ1) is 15.2. The topological polar surface area (TPSA) is 66.5 Å². The van der Waals surface area contributed by atoms with E-state index in [1.165, 1.54) is 16.4 Å². The van der Waals surface area contributed by atoms with Gasteiger partial charge in [-0.05, 0) is 49.7 Å². The minimum atomic E-state index is -3.72. The zero-order valence-electron chi connectivity index (χ0n) is 12.0. The number of carbonyl (C=O) groups is 1. The Bertz CT molecular complexity index is 715. The van der Waals surface area contributed by atoms with Gasteiger partial charge >= 0.3 is 0 Å². The normalized spacial score (nSPS) is 26.1. The number of halogens is 1. The van der Waals surface area contributed by atoms with Crippen LogP contribution in [0.25, 0.3) is 0 Å². The summed E-state index contributed by atoms with van der Waals surface area (Å²) >= 11 is 0. The molecule has 1 atom stereocenters. The molecule has 0 aromatic heterocycles. The van der Waals surface area contributed by atoms with Crippen molar-refractivity contribution in [3.8, 4) is 0 Å². The van der Waals surface area contributed by atoms with Gasteiger partial charge in [-0.3, -0.25) is 4.79 Å². The molecule has 2 aliphatic rings. The van der Waals surface area contributed by atoms with Gasteiger partial charge in [0.05, 0.1) is 10.3 Å². The predicted molar refractivity (Wildman–Crippen MR) is 78.7 cm³/mol. The van der Waals surface area contributed by atoms with E-state index in [0.29, 0.717) is 25.8 Å². The van der Waals surface area contributed by atoms with E-state index in [2.05, 4.69) is 5.32 Å². The summed E-state index contributed by atoms with van der Waals surface area (Å²) in [5, 5.41) is 2.67. The molecule has 1 spiro atoms. The molecule has 0 saturated carbocycles. The van der Waals surface area contributed by atoms with Crippen LogP contribution in [0, 0.1) is 11.2 Å². The second-order valence-electron chi connectivity index (χ2n) is 5.76. The maximum atomic E-state index is 13.0. The molecule has 1 aromatic rings. The van der Waals surface area contributed by atoms with E-state index in [4.69, 9.17) is 0 Å². The van der Waals surface area contributed by atoms with Gasteiger partial charge in [0.1, 0.15) is 5.82 Å². The van der Waals surface area contributed by atoms with Gasteiger partial charge in [-0.1, -0.05) is 6.08 Å². The van der Waals surface area contributed by atoms with Crippen LogP contribution in [0.1, 0.15) is 19.3 Å². The van der Waals surface area contributed by atoms with Gasteiger partial charge in [0.15, 0.2) is 0 Å². The standard InChI is InChI=1S/C15H17FN2O3S/c16-12-3-5-13(6-4-12)22(20,21)18-10-2-8-15(11-18)7-1-9-17-14(15)19/h1,3-6,9H,2,7-8,10-11H2,(H,17,19). The minimum absolute atomic E-state index is 0.0534. The van der Waals surface area contributed by atoms with Crippen molar-refractivity contribution in [2.45, 2.75) is 24.2 Å². The van der Waals surface area contributed by atoms with Crippen LogP contribution in [0.2, 0.25) is 0 Å². The molecule has 118 valence electrons. The Labute approximate surface area is 128 Å². The molecule has 2 heterocycles. The van der Waals surface area contributed by atoms with Gasteiger partial charge in [0.2, 0.25) is 15.9 Å². The summed E-state index contributed by atoms with van der Waals surface area (Å²) in [4.78, 5) is 12.2. The van der Waals surface area contributed by atoms with Crippen LogP contribution < -0.4 is 5.32 Å². The number of benzene rings is 1. The second-order valence-corrected chi connectivity index (χ2v) is 7.69. The lowest BCUT2D eigenvalue weighted by Gasteiger charge is -2.41. The summed E-state index contributed by atoms with van der Waals surface area (Å²) in [6, 6.07) is 4.77. The number of hydrogen-bond acceptors (Lipinski definition) is 3. The van der Waals surface area contributed by atoms with Crippen molar-refractivity contribution in [1.82, 2.24) is 9.62 Å². The van der Waals surface area contributed by atoms with E-state index in [0.717, 1.165) is 12.1 Å². The van der Waals surface area contributed by atoms with Crippen molar-refractivity contribution >= 4 is 15.9 Å². The van der Waals surface area contributed by atoms with Crippen LogP contribution in [-0.2, 0) is 14.8 Å². The van der Waals surface area contributed by atoms with E-state index >= 15 is 0 Å². The summed E-state index contributed by atoms with van der Waals surface area (Å²) in [6.45, 7) is 0.529. The molecule has 7 heteroatoms. The number of nitrogens with zero attached hydrogens (tertiary/aromatic N) is 1. The zero-order chi connectivity index (χ0) is 15.8. The fourth-order valence-electron chi connectivity index (χ4n) is 3.07. The molecule has 1 amide bonds. The largest absolute Gasteiger partial charge is 0.332 e. The Hall–Kier alpha value is -1.73. The molecule has 0 aliphatic carbocycles. The van der Waals surface area contributed by atoms with Crippen molar-refractivity contribution < 1.29 is 17.6 Å². The average Bonchev–Trinajstić information content (AvgIpc) is 2.51. The molecule has 1 aromatic carbocycles. The lowest BCUT2D eigenvalue weighted by atomic mass is 9.76. The SMILES string of the molecule is O=C1NC=CCC12CCCN(S(=O)(=O)c1ccc(F)cc1)C2. The minimum Gasteiger partial charge on any atom is -0.332 e. The highest BCUT2D eigenvalue weighted by Gasteiger charge is 2.45. The molecule has 5 nitrogen and oxygen atoms in total. The molecule has 3 rings (SSSR count). The fraction of sp³-hybridized carbons (Fsp3) is 0.400. The summed E-state index contributed by atoms with van der Waals surface area (Å²) < 4.78 is 39.7. The monoisotopic (exact) mass is 324 g/mol. The quantitative estimate of drug-likeness (QED) is 0.899. The number of allylic oxidation sites excluding steroid dienone is 1. The first-order valence-electron chi connectivity index (χ1n) is 7.16. The zero-order valence-corrected chi connectivity index (χ0v) is 12.8. The van der Waals surface area contributed by atoms with Crippen molar-refractivity contribution in [3.63, 3.8) is 0 Å². The van der Waals surface area contributed by atoms with E-state index in [1.54, 1.807) is 6.20 Å². The van der Waals surface area contributed by atoms with Gasteiger partial charge in [-0.15, -0.1) is 0 Å². The van der Waals surface area contributed by atoms with Gasteiger partial charge in [0.25, 0.3) is 0 Å². The van der Waals surface area contributed by atoms with Crippen LogP contribution in [-0.4, -0.2) is 31.7 Å². The molecule has 0 radical (unpaired) electrons. The maximum Gasteiger partial charge on any atom is 0.243 e. The molecule has 1 saturated heterocycles. The number of sulfonamides is 1. The number of amides is 1. The van der Waals surface area contributed by atoms with Gasteiger partial charge in [0, 0.05) is 13.1 Å². The van der Waals surface area contributed by atoms with Crippen molar-refractivity contribution in [2.75, 3.05) is 13.1 Å². The molecule has 1 unspecified atom stereocenters. The predicted octanol–water partition coefficient (Wildman–Crippen LogP) is 1.63. The number of hydrogen-bond donors (Lipinski definition) is 1. The van der Waals surface area contributed by atoms with Crippen molar-refractivity contribution in [2.24, 2.45) is 5.41 Å². The lowest BCUT2D eigenvalue weighted by Crippen LogP contribution is -2.53. The Kier molecular flexibility index (Phi) is 3.78. The van der Waals surface area contributed by atoms with Crippen LogP contribution in [0.5, 0.6) is 0 Å². The van der Waals surface area contributed by atoms with Crippen LogP contribution >= 0.6 is 0 Å². The number of carbonyl (C=O) groups excluding carboxylic acids is 1. The highest BCUT2D eigenvalue weighted by Crippen LogP contribution is 2.37. The Morgan fingerprint density at radius 3 is 2.64 bits per heavy atom. The Balaban J connectivity index is 1.89. The molecular weight excluding hydrogens is 307 g/mol. The van der Waals surface area contributed by atoms with Crippen LogP contribution in [0.15, 0.2) is 41.4 Å². The highest BCUT2D eigenvalue weighted by molar-refractivity contribution is 7.89. The Morgan fingerprint density at radius 2 is 1.95 bits per heavy atom. The van der Waals surface area contributed by atoms with Gasteiger partial charge in [-0.2, -0.15) is 4.31 Å². The molecular formula is C15H17FN2O3S. The van der Waals surface area contributed by atoms with Crippen molar-refractivity contribution in [1.29, 1.82) is 0 Å². The second kappa shape index (κ2) is 5.48. The van der Waals surface area contributed by atoms with E-state index < -0.39 is 21.3 Å². The van der Waals surface area contributed by atoms with Crippen molar-refractivity contribution in [3.05, 3.63) is 42.4 Å². The van der Waals surface area contributed by atoms with E-state index in [1.807, 2.05) is 6.08 Å². The third-order valence-corrected chi connectivity index (χ3v) is 6.18. The molecule has 2 aliphatic heterocycles.